The summed E-state index contributed by atoms with van der Waals surface area (Å²) in [6.45, 7) is 4.55. The molecule has 1 fully saturated rings. The monoisotopic (exact) mass is 535 g/mol. The highest BCUT2D eigenvalue weighted by Crippen LogP contribution is 2.28. The van der Waals surface area contributed by atoms with Crippen LogP contribution in [0.1, 0.15) is 0 Å². The zero-order chi connectivity index (χ0) is 21.7. The van der Waals surface area contributed by atoms with Gasteiger partial charge in [-0.1, -0.05) is 12.1 Å². The lowest BCUT2D eigenvalue weighted by Crippen LogP contribution is -3.12. The Morgan fingerprint density at radius 1 is 0.812 bits per heavy atom. The van der Waals surface area contributed by atoms with E-state index in [1.165, 1.54) is 22.3 Å². The molecule has 6 rings (SSSR count). The summed E-state index contributed by atoms with van der Waals surface area (Å²) < 4.78 is 1.20. The summed E-state index contributed by atoms with van der Waals surface area (Å²) in [6, 6.07) is 21.2. The molecule has 1 aliphatic heterocycles. The Labute approximate surface area is 199 Å². The van der Waals surface area contributed by atoms with Gasteiger partial charge in [0.15, 0.2) is 0 Å². The molecule has 3 heterocycles. The molecule has 0 bridgehead atoms. The molecule has 5 aromatic rings. The van der Waals surface area contributed by atoms with Crippen molar-refractivity contribution in [1.82, 2.24) is 19.9 Å². The van der Waals surface area contributed by atoms with Crippen molar-refractivity contribution >= 4 is 50.3 Å². The predicted molar refractivity (Wildman–Crippen MR) is 138 cm³/mol. The van der Waals surface area contributed by atoms with E-state index in [-0.39, 0.29) is 0 Å². The topological polar surface area (TPSA) is 65.0 Å². The Bertz CT molecular complexity index is 1430. The second kappa shape index (κ2) is 7.90. The average Bonchev–Trinajstić information content (AvgIpc) is 3.43. The minimum Gasteiger partial charge on any atom is -0.360 e. The molecule has 0 atom stereocenters. The van der Waals surface area contributed by atoms with E-state index in [0.29, 0.717) is 0 Å². The maximum Gasteiger partial charge on any atom is 0.138 e. The normalized spacial score (nSPS) is 15.1. The summed E-state index contributed by atoms with van der Waals surface area (Å²) in [5, 5.41) is 0. The molecule has 1 saturated heterocycles. The van der Waals surface area contributed by atoms with Crippen LogP contribution >= 0.6 is 22.6 Å². The molecule has 6 nitrogen and oxygen atoms in total. The van der Waals surface area contributed by atoms with Crippen LogP contribution < -0.4 is 9.80 Å². The zero-order valence-electron chi connectivity index (χ0n) is 17.8. The second-order valence-corrected chi connectivity index (χ2v) is 9.80. The number of rotatable bonds is 3. The van der Waals surface area contributed by atoms with Gasteiger partial charge in [0, 0.05) is 20.4 Å². The van der Waals surface area contributed by atoms with Gasteiger partial charge in [-0.2, -0.15) is 0 Å². The molecule has 1 aliphatic rings. The van der Waals surface area contributed by atoms with Gasteiger partial charge in [-0.15, -0.1) is 0 Å². The number of aromatic nitrogens is 4. The number of fused-ring (bicyclic) bond motifs is 2. The lowest BCUT2D eigenvalue weighted by Gasteiger charge is -2.31. The van der Waals surface area contributed by atoms with E-state index >= 15 is 0 Å². The van der Waals surface area contributed by atoms with Crippen molar-refractivity contribution in [3.05, 3.63) is 64.2 Å². The van der Waals surface area contributed by atoms with Crippen molar-refractivity contribution in [2.45, 2.75) is 0 Å². The van der Waals surface area contributed by atoms with Crippen molar-refractivity contribution in [2.75, 3.05) is 38.1 Å². The van der Waals surface area contributed by atoms with Crippen LogP contribution in [0.2, 0.25) is 0 Å². The van der Waals surface area contributed by atoms with E-state index in [2.05, 4.69) is 105 Å². The first-order valence-corrected chi connectivity index (χ1v) is 12.0. The Morgan fingerprint density at radius 2 is 1.47 bits per heavy atom. The molecule has 0 spiro atoms. The third kappa shape index (κ3) is 3.65. The van der Waals surface area contributed by atoms with Crippen LogP contribution in [0.4, 0.5) is 5.69 Å². The lowest BCUT2D eigenvalue weighted by atomic mass is 10.2. The standard InChI is InChI=1S/C25H23IN6/c1-31-9-11-32(12-10-31)19-6-8-21-23(15-19)30-25(28-21)17-5-7-20-22(14-17)29-24(27-20)16-3-2-4-18(26)13-16/h2-8,13-15H,9-12H2,1H3,(H,27,29)(H,28,30)/p+1. The fourth-order valence-electron chi connectivity index (χ4n) is 4.41. The van der Waals surface area contributed by atoms with Gasteiger partial charge in [0.2, 0.25) is 0 Å². The Kier molecular flexibility index (Phi) is 4.87. The van der Waals surface area contributed by atoms with Gasteiger partial charge in [0.1, 0.15) is 11.6 Å². The largest absolute Gasteiger partial charge is 0.360 e. The number of imidazole rings is 2. The van der Waals surface area contributed by atoms with Crippen molar-refractivity contribution in [2.24, 2.45) is 0 Å². The molecule has 0 aliphatic carbocycles. The number of aromatic amines is 2. The van der Waals surface area contributed by atoms with E-state index < -0.39 is 0 Å². The number of hydrogen-bond acceptors (Lipinski definition) is 3. The zero-order valence-corrected chi connectivity index (χ0v) is 20.0. The Hall–Kier alpha value is -2.91. The number of nitrogens with one attached hydrogen (secondary N) is 3. The van der Waals surface area contributed by atoms with Crippen LogP contribution in [0.25, 0.3) is 44.8 Å². The number of H-pyrrole nitrogens is 2. The van der Waals surface area contributed by atoms with Crippen LogP contribution in [0, 0.1) is 3.57 Å². The number of halogens is 1. The SMILES string of the molecule is C[NH+]1CCN(c2ccc3nc(-c4ccc5nc(-c6cccc(I)c6)[nH]c5c4)[nH]c3c2)CC1. The third-order valence-corrected chi connectivity index (χ3v) is 6.97. The number of benzene rings is 3. The smallest absolute Gasteiger partial charge is 0.138 e. The first-order valence-electron chi connectivity index (χ1n) is 10.9. The van der Waals surface area contributed by atoms with Crippen LogP contribution in [-0.2, 0) is 0 Å². The van der Waals surface area contributed by atoms with E-state index in [4.69, 9.17) is 9.97 Å². The molecule has 160 valence electrons. The number of likely N-dealkylation sites (N-methyl/N-ethyl adjacent to an activating group) is 1. The molecule has 3 N–H and O–H groups in total. The molecule has 7 heteroatoms. The van der Waals surface area contributed by atoms with E-state index in [1.54, 1.807) is 4.90 Å². The molecule has 0 unspecified atom stereocenters. The Morgan fingerprint density at radius 3 is 2.19 bits per heavy atom. The van der Waals surface area contributed by atoms with Crippen LogP contribution in [0.15, 0.2) is 60.7 Å². The summed E-state index contributed by atoms with van der Waals surface area (Å²) >= 11 is 2.33. The van der Waals surface area contributed by atoms with Gasteiger partial charge in [-0.25, -0.2) is 9.97 Å². The highest BCUT2D eigenvalue weighted by molar-refractivity contribution is 14.1. The minimum atomic E-state index is 0.882. The van der Waals surface area contributed by atoms with Crippen LogP contribution in [0.5, 0.6) is 0 Å². The Balaban J connectivity index is 1.33. The maximum atomic E-state index is 4.85. The van der Waals surface area contributed by atoms with Crippen molar-refractivity contribution in [3.63, 3.8) is 0 Å². The first-order chi connectivity index (χ1) is 15.6. The quantitative estimate of drug-likeness (QED) is 0.309. The summed E-state index contributed by atoms with van der Waals surface area (Å²) in [5.41, 5.74) is 7.45. The highest BCUT2D eigenvalue weighted by Gasteiger charge is 2.18. The number of nitrogens with zero attached hydrogens (tertiary/aromatic N) is 3. The van der Waals surface area contributed by atoms with E-state index in [1.807, 2.05) is 0 Å². The van der Waals surface area contributed by atoms with E-state index in [0.717, 1.165) is 57.9 Å². The molecule has 0 radical (unpaired) electrons. The van der Waals surface area contributed by atoms with Gasteiger partial charge >= 0.3 is 0 Å². The summed E-state index contributed by atoms with van der Waals surface area (Å²) in [4.78, 5) is 20.7. The van der Waals surface area contributed by atoms with Crippen molar-refractivity contribution in [3.8, 4) is 22.8 Å². The van der Waals surface area contributed by atoms with Crippen LogP contribution in [0.3, 0.4) is 0 Å². The van der Waals surface area contributed by atoms with Gasteiger partial charge in [-0.05, 0) is 71.1 Å². The predicted octanol–water partition coefficient (Wildman–Crippen LogP) is 3.71. The van der Waals surface area contributed by atoms with Gasteiger partial charge < -0.3 is 19.8 Å². The third-order valence-electron chi connectivity index (χ3n) is 6.30. The molecule has 32 heavy (non-hydrogen) atoms. The van der Waals surface area contributed by atoms with Crippen molar-refractivity contribution in [1.29, 1.82) is 0 Å². The fourth-order valence-corrected chi connectivity index (χ4v) is 4.95. The van der Waals surface area contributed by atoms with E-state index in [9.17, 15) is 0 Å². The fraction of sp³-hybridized carbons (Fsp3) is 0.200. The van der Waals surface area contributed by atoms with Crippen LogP contribution in [-0.4, -0.2) is 53.2 Å². The maximum absolute atomic E-state index is 4.85. The minimum absolute atomic E-state index is 0.882. The number of anilines is 1. The van der Waals surface area contributed by atoms with Gasteiger partial charge in [-0.3, -0.25) is 0 Å². The molecule has 0 saturated carbocycles. The molecule has 3 aromatic carbocycles. The number of hydrogen-bond donors (Lipinski definition) is 3. The van der Waals surface area contributed by atoms with Gasteiger partial charge in [0.05, 0.1) is 55.3 Å². The average molecular weight is 535 g/mol. The highest BCUT2D eigenvalue weighted by atomic mass is 127. The number of quaternary nitrogens is 1. The second-order valence-electron chi connectivity index (χ2n) is 8.56. The summed E-state index contributed by atoms with van der Waals surface area (Å²) in [6.07, 6.45) is 0. The molecule has 2 aromatic heterocycles. The molecular weight excluding hydrogens is 511 g/mol. The number of piperazine rings is 1. The summed E-state index contributed by atoms with van der Waals surface area (Å²) in [5.74, 6) is 1.77. The first kappa shape index (κ1) is 19.8. The molecule has 0 amide bonds. The summed E-state index contributed by atoms with van der Waals surface area (Å²) in [7, 11) is 2.27. The van der Waals surface area contributed by atoms with Crippen molar-refractivity contribution < 1.29 is 4.90 Å². The molecular formula is C25H24IN6+. The van der Waals surface area contributed by atoms with Gasteiger partial charge in [0.25, 0.3) is 0 Å². The lowest BCUT2D eigenvalue weighted by molar-refractivity contribution is -0.880.